The van der Waals surface area contributed by atoms with Crippen molar-refractivity contribution < 1.29 is 4.79 Å². The highest BCUT2D eigenvalue weighted by molar-refractivity contribution is 6.33. The summed E-state index contributed by atoms with van der Waals surface area (Å²) in [5.74, 6) is 0.545. The molecular formula is C13H8ClN3O. The average molecular weight is 258 g/mol. The molecule has 3 rings (SSSR count). The molecule has 0 bridgehead atoms. The number of benzene rings is 1. The second-order valence-electron chi connectivity index (χ2n) is 3.80. The maximum absolute atomic E-state index is 10.7. The topological polar surface area (TPSA) is 47.3 Å². The first-order valence-electron chi connectivity index (χ1n) is 5.34. The van der Waals surface area contributed by atoms with Gasteiger partial charge in [0.25, 0.3) is 0 Å². The van der Waals surface area contributed by atoms with E-state index in [0.717, 1.165) is 11.8 Å². The largest absolute Gasteiger partial charge is 0.298 e. The van der Waals surface area contributed by atoms with Gasteiger partial charge in [0, 0.05) is 17.3 Å². The number of hydrogen-bond donors (Lipinski definition) is 0. The molecule has 0 aliphatic rings. The molecular weight excluding hydrogens is 250 g/mol. The lowest BCUT2D eigenvalue weighted by Gasteiger charge is -1.96. The minimum absolute atomic E-state index is 0.545. The number of nitrogens with zero attached hydrogens (tertiary/aromatic N) is 3. The zero-order valence-corrected chi connectivity index (χ0v) is 10.0. The molecule has 0 atom stereocenters. The Morgan fingerprint density at radius 3 is 2.78 bits per heavy atom. The SMILES string of the molecule is O=Cc1ccc2nc(-c3ccccc3Cl)nn2c1. The molecule has 3 aromatic rings. The van der Waals surface area contributed by atoms with E-state index < -0.39 is 0 Å². The number of carbonyl (C=O) groups is 1. The van der Waals surface area contributed by atoms with Crippen molar-refractivity contribution in [1.82, 2.24) is 14.6 Å². The summed E-state index contributed by atoms with van der Waals surface area (Å²) in [5, 5.41) is 4.92. The number of fused-ring (bicyclic) bond motifs is 1. The quantitative estimate of drug-likeness (QED) is 0.663. The monoisotopic (exact) mass is 257 g/mol. The van der Waals surface area contributed by atoms with Crippen LogP contribution in [0.1, 0.15) is 10.4 Å². The average Bonchev–Trinajstić information content (AvgIpc) is 2.81. The molecule has 4 nitrogen and oxygen atoms in total. The first-order valence-corrected chi connectivity index (χ1v) is 5.72. The lowest BCUT2D eigenvalue weighted by atomic mass is 10.2. The van der Waals surface area contributed by atoms with Crippen LogP contribution in [0, 0.1) is 0 Å². The third kappa shape index (κ3) is 1.76. The van der Waals surface area contributed by atoms with E-state index in [-0.39, 0.29) is 0 Å². The van der Waals surface area contributed by atoms with Crippen molar-refractivity contribution in [3.05, 3.63) is 53.2 Å². The standard InChI is InChI=1S/C13H8ClN3O/c14-11-4-2-1-3-10(11)13-15-12-6-5-9(8-18)7-17(12)16-13/h1-8H. The van der Waals surface area contributed by atoms with Gasteiger partial charge in [-0.3, -0.25) is 4.79 Å². The Balaban J connectivity index is 2.19. The van der Waals surface area contributed by atoms with Gasteiger partial charge in [-0.25, -0.2) is 9.50 Å². The Kier molecular flexibility index (Phi) is 2.57. The van der Waals surface area contributed by atoms with Crippen LogP contribution in [-0.2, 0) is 0 Å². The molecule has 0 spiro atoms. The summed E-state index contributed by atoms with van der Waals surface area (Å²) in [6, 6.07) is 10.8. The van der Waals surface area contributed by atoms with E-state index in [1.165, 1.54) is 0 Å². The van der Waals surface area contributed by atoms with Crippen molar-refractivity contribution in [2.45, 2.75) is 0 Å². The molecule has 0 fully saturated rings. The van der Waals surface area contributed by atoms with Gasteiger partial charge in [0.05, 0.1) is 5.02 Å². The van der Waals surface area contributed by atoms with Gasteiger partial charge in [-0.2, -0.15) is 0 Å². The smallest absolute Gasteiger partial charge is 0.183 e. The second kappa shape index (κ2) is 4.23. The fourth-order valence-corrected chi connectivity index (χ4v) is 1.95. The van der Waals surface area contributed by atoms with Gasteiger partial charge in [-0.05, 0) is 24.3 Å². The molecule has 2 heterocycles. The molecule has 0 radical (unpaired) electrons. The molecule has 0 saturated carbocycles. The molecule has 2 aromatic heterocycles. The van der Waals surface area contributed by atoms with E-state index in [0.29, 0.717) is 22.1 Å². The fraction of sp³-hybridized carbons (Fsp3) is 0. The maximum Gasteiger partial charge on any atom is 0.183 e. The lowest BCUT2D eigenvalue weighted by Crippen LogP contribution is -1.90. The van der Waals surface area contributed by atoms with Crippen molar-refractivity contribution >= 4 is 23.5 Å². The van der Waals surface area contributed by atoms with Gasteiger partial charge in [-0.1, -0.05) is 23.7 Å². The highest BCUT2D eigenvalue weighted by Crippen LogP contribution is 2.24. The molecule has 1 aromatic carbocycles. The predicted octanol–water partition coefficient (Wildman–Crippen LogP) is 2.86. The van der Waals surface area contributed by atoms with Gasteiger partial charge >= 0.3 is 0 Å². The Bertz CT molecular complexity index is 736. The van der Waals surface area contributed by atoms with Crippen molar-refractivity contribution in [3.63, 3.8) is 0 Å². The van der Waals surface area contributed by atoms with Crippen LogP contribution < -0.4 is 0 Å². The molecule has 0 unspecified atom stereocenters. The number of halogens is 1. The van der Waals surface area contributed by atoms with Crippen molar-refractivity contribution in [2.24, 2.45) is 0 Å². The molecule has 0 saturated heterocycles. The van der Waals surface area contributed by atoms with Gasteiger partial charge in [0.15, 0.2) is 17.8 Å². The summed E-state index contributed by atoms with van der Waals surface area (Å²) in [6.07, 6.45) is 2.41. The van der Waals surface area contributed by atoms with E-state index in [9.17, 15) is 4.79 Å². The first-order chi connectivity index (χ1) is 8.78. The van der Waals surface area contributed by atoms with Gasteiger partial charge < -0.3 is 0 Å². The molecule has 5 heteroatoms. The highest BCUT2D eigenvalue weighted by Gasteiger charge is 2.09. The summed E-state index contributed by atoms with van der Waals surface area (Å²) in [5.41, 5.74) is 2.00. The Morgan fingerprint density at radius 1 is 1.17 bits per heavy atom. The fourth-order valence-electron chi connectivity index (χ4n) is 1.73. The molecule has 18 heavy (non-hydrogen) atoms. The van der Waals surface area contributed by atoms with Gasteiger partial charge in [-0.15, -0.1) is 5.10 Å². The van der Waals surface area contributed by atoms with E-state index in [2.05, 4.69) is 10.1 Å². The van der Waals surface area contributed by atoms with Crippen LogP contribution in [0.3, 0.4) is 0 Å². The predicted molar refractivity (Wildman–Crippen MR) is 68.8 cm³/mol. The number of aromatic nitrogens is 3. The van der Waals surface area contributed by atoms with Crippen LogP contribution in [0.4, 0.5) is 0 Å². The zero-order valence-electron chi connectivity index (χ0n) is 9.25. The Labute approximate surface area is 108 Å². The van der Waals surface area contributed by atoms with Crippen LogP contribution >= 0.6 is 11.6 Å². The van der Waals surface area contributed by atoms with E-state index in [1.807, 2.05) is 18.2 Å². The number of hydrogen-bond acceptors (Lipinski definition) is 3. The van der Waals surface area contributed by atoms with Crippen LogP contribution in [0.25, 0.3) is 17.0 Å². The molecule has 0 aliphatic carbocycles. The summed E-state index contributed by atoms with van der Waals surface area (Å²) < 4.78 is 1.57. The molecule has 88 valence electrons. The zero-order chi connectivity index (χ0) is 12.5. The number of rotatable bonds is 2. The number of aldehydes is 1. The lowest BCUT2D eigenvalue weighted by molar-refractivity contribution is 0.112. The van der Waals surface area contributed by atoms with Crippen LogP contribution in [-0.4, -0.2) is 20.9 Å². The summed E-state index contributed by atoms with van der Waals surface area (Å²) in [4.78, 5) is 15.1. The third-order valence-corrected chi connectivity index (χ3v) is 2.93. The van der Waals surface area contributed by atoms with Crippen molar-refractivity contribution in [2.75, 3.05) is 0 Å². The first kappa shape index (κ1) is 10.9. The third-order valence-electron chi connectivity index (χ3n) is 2.60. The number of carbonyl (C=O) groups excluding carboxylic acids is 1. The van der Waals surface area contributed by atoms with E-state index >= 15 is 0 Å². The molecule has 0 N–H and O–H groups in total. The summed E-state index contributed by atoms with van der Waals surface area (Å²) in [7, 11) is 0. The normalized spacial score (nSPS) is 10.7. The van der Waals surface area contributed by atoms with Gasteiger partial charge in [0.1, 0.15) is 0 Å². The van der Waals surface area contributed by atoms with Crippen LogP contribution in [0.15, 0.2) is 42.6 Å². The minimum Gasteiger partial charge on any atom is -0.298 e. The van der Waals surface area contributed by atoms with E-state index in [4.69, 9.17) is 11.6 Å². The van der Waals surface area contributed by atoms with E-state index in [1.54, 1.807) is 28.9 Å². The Morgan fingerprint density at radius 2 is 2.00 bits per heavy atom. The van der Waals surface area contributed by atoms with Crippen LogP contribution in [0.5, 0.6) is 0 Å². The maximum atomic E-state index is 10.7. The van der Waals surface area contributed by atoms with Crippen LogP contribution in [0.2, 0.25) is 5.02 Å². The summed E-state index contributed by atoms with van der Waals surface area (Å²) >= 11 is 6.10. The minimum atomic E-state index is 0.545. The van der Waals surface area contributed by atoms with Gasteiger partial charge in [0.2, 0.25) is 0 Å². The second-order valence-corrected chi connectivity index (χ2v) is 4.21. The highest BCUT2D eigenvalue weighted by atomic mass is 35.5. The summed E-state index contributed by atoms with van der Waals surface area (Å²) in [6.45, 7) is 0. The Hall–Kier alpha value is -2.20. The molecule has 0 amide bonds. The number of pyridine rings is 1. The molecule has 0 aliphatic heterocycles. The van der Waals surface area contributed by atoms with Crippen molar-refractivity contribution in [1.29, 1.82) is 0 Å². The van der Waals surface area contributed by atoms with Crippen molar-refractivity contribution in [3.8, 4) is 11.4 Å².